The minimum Gasteiger partial charge on any atom is -0.384 e. The first-order valence-corrected chi connectivity index (χ1v) is 6.96. The number of anilines is 1. The number of nitrogens with zero attached hydrogens (tertiary/aromatic N) is 2. The molecule has 1 atom stereocenters. The molecule has 0 aliphatic rings. The Balaban J connectivity index is 2.15. The van der Waals surface area contributed by atoms with Crippen molar-refractivity contribution < 1.29 is 0 Å². The first-order chi connectivity index (χ1) is 9.56. The van der Waals surface area contributed by atoms with Crippen molar-refractivity contribution in [1.29, 1.82) is 5.26 Å². The maximum absolute atomic E-state index is 9.15. The molecule has 0 saturated heterocycles. The molecule has 0 spiro atoms. The molecule has 1 heterocycles. The summed E-state index contributed by atoms with van der Waals surface area (Å²) in [6.07, 6.45) is 1.01. The van der Waals surface area contributed by atoms with Crippen molar-refractivity contribution >= 4 is 5.82 Å². The van der Waals surface area contributed by atoms with Gasteiger partial charge in [-0.25, -0.2) is 0 Å². The molecule has 2 rings (SSSR count). The van der Waals surface area contributed by atoms with Gasteiger partial charge < -0.3 is 10.3 Å². The molecule has 0 amide bonds. The standard InChI is InChI=1S/C17H21N3/c1-12(15-7-5-4-6-8-15)9-10-20-14(3)13(2)16(11-18)17(20)19/h4-8,12H,9-10,19H2,1-3H3. The van der Waals surface area contributed by atoms with Gasteiger partial charge in [-0.3, -0.25) is 0 Å². The summed E-state index contributed by atoms with van der Waals surface area (Å²) in [5.41, 5.74) is 10.1. The average molecular weight is 267 g/mol. The van der Waals surface area contributed by atoms with E-state index in [0.29, 0.717) is 17.3 Å². The number of rotatable bonds is 4. The zero-order chi connectivity index (χ0) is 14.7. The summed E-state index contributed by atoms with van der Waals surface area (Å²) in [6.45, 7) is 7.06. The number of aromatic nitrogens is 1. The van der Waals surface area contributed by atoms with Gasteiger partial charge in [-0.15, -0.1) is 0 Å². The lowest BCUT2D eigenvalue weighted by Gasteiger charge is -2.14. The lowest BCUT2D eigenvalue weighted by Crippen LogP contribution is -2.08. The zero-order valence-corrected chi connectivity index (χ0v) is 12.4. The Morgan fingerprint density at radius 3 is 2.45 bits per heavy atom. The summed E-state index contributed by atoms with van der Waals surface area (Å²) in [7, 11) is 0. The van der Waals surface area contributed by atoms with Crippen LogP contribution in [0.25, 0.3) is 0 Å². The van der Waals surface area contributed by atoms with Crippen LogP contribution in [0.1, 0.15) is 41.6 Å². The van der Waals surface area contributed by atoms with E-state index >= 15 is 0 Å². The minimum absolute atomic E-state index is 0.475. The minimum atomic E-state index is 0.475. The monoisotopic (exact) mass is 267 g/mol. The van der Waals surface area contributed by atoms with Crippen LogP contribution in [0.15, 0.2) is 30.3 Å². The summed E-state index contributed by atoms with van der Waals surface area (Å²) in [5, 5.41) is 9.15. The highest BCUT2D eigenvalue weighted by Gasteiger charge is 2.15. The SMILES string of the molecule is Cc1c(C#N)c(N)n(CCC(C)c2ccccc2)c1C. The highest BCUT2D eigenvalue weighted by molar-refractivity contribution is 5.57. The van der Waals surface area contributed by atoms with Gasteiger partial charge in [-0.1, -0.05) is 37.3 Å². The van der Waals surface area contributed by atoms with Crippen molar-refractivity contribution in [3.8, 4) is 6.07 Å². The first-order valence-electron chi connectivity index (χ1n) is 6.96. The van der Waals surface area contributed by atoms with Crippen LogP contribution in [0, 0.1) is 25.2 Å². The molecule has 3 heteroatoms. The molecule has 0 radical (unpaired) electrons. The molecule has 2 aromatic rings. The molecule has 2 N–H and O–H groups in total. The van der Waals surface area contributed by atoms with Crippen molar-refractivity contribution in [2.24, 2.45) is 0 Å². The lowest BCUT2D eigenvalue weighted by atomic mass is 9.98. The van der Waals surface area contributed by atoms with Crippen LogP contribution in [0.5, 0.6) is 0 Å². The van der Waals surface area contributed by atoms with Gasteiger partial charge in [0.25, 0.3) is 0 Å². The van der Waals surface area contributed by atoms with Crippen LogP contribution in [0.3, 0.4) is 0 Å². The number of hydrogen-bond donors (Lipinski definition) is 1. The summed E-state index contributed by atoms with van der Waals surface area (Å²) >= 11 is 0. The van der Waals surface area contributed by atoms with Crippen LogP contribution >= 0.6 is 0 Å². The van der Waals surface area contributed by atoms with Gasteiger partial charge in [-0.2, -0.15) is 5.26 Å². The fourth-order valence-electron chi connectivity index (χ4n) is 2.59. The second kappa shape index (κ2) is 5.83. The van der Waals surface area contributed by atoms with Crippen molar-refractivity contribution in [2.45, 2.75) is 39.7 Å². The van der Waals surface area contributed by atoms with Crippen LogP contribution in [-0.4, -0.2) is 4.57 Å². The molecule has 0 aliphatic carbocycles. The molecular formula is C17H21N3. The smallest absolute Gasteiger partial charge is 0.122 e. The Labute approximate surface area is 120 Å². The van der Waals surface area contributed by atoms with Crippen molar-refractivity contribution in [2.75, 3.05) is 5.73 Å². The van der Waals surface area contributed by atoms with E-state index in [1.807, 2.05) is 19.9 Å². The largest absolute Gasteiger partial charge is 0.384 e. The molecule has 0 aliphatic heterocycles. The van der Waals surface area contributed by atoms with Crippen molar-refractivity contribution in [3.05, 3.63) is 52.7 Å². The zero-order valence-electron chi connectivity index (χ0n) is 12.4. The number of nitrogen functional groups attached to an aromatic ring is 1. The molecular weight excluding hydrogens is 246 g/mol. The highest BCUT2D eigenvalue weighted by atomic mass is 15.1. The van der Waals surface area contributed by atoms with Gasteiger partial charge in [0.1, 0.15) is 11.9 Å². The maximum atomic E-state index is 9.15. The van der Waals surface area contributed by atoms with Crippen LogP contribution in [0.2, 0.25) is 0 Å². The van der Waals surface area contributed by atoms with E-state index in [4.69, 9.17) is 11.0 Å². The van der Waals surface area contributed by atoms with E-state index in [-0.39, 0.29) is 0 Å². The van der Waals surface area contributed by atoms with E-state index in [2.05, 4.69) is 41.8 Å². The molecule has 20 heavy (non-hydrogen) atoms. The Kier molecular flexibility index (Phi) is 4.14. The third kappa shape index (κ3) is 2.55. The molecule has 104 valence electrons. The van der Waals surface area contributed by atoms with Gasteiger partial charge in [0.2, 0.25) is 0 Å². The molecule has 1 aromatic heterocycles. The highest BCUT2D eigenvalue weighted by Crippen LogP contribution is 2.26. The Morgan fingerprint density at radius 1 is 1.25 bits per heavy atom. The van der Waals surface area contributed by atoms with Crippen molar-refractivity contribution in [3.63, 3.8) is 0 Å². The third-order valence-corrected chi connectivity index (χ3v) is 4.14. The average Bonchev–Trinajstić information content (AvgIpc) is 2.68. The van der Waals surface area contributed by atoms with E-state index in [9.17, 15) is 0 Å². The van der Waals surface area contributed by atoms with E-state index in [1.165, 1.54) is 5.56 Å². The summed E-state index contributed by atoms with van der Waals surface area (Å²) in [6, 6.07) is 12.7. The van der Waals surface area contributed by atoms with Gasteiger partial charge in [0, 0.05) is 12.2 Å². The van der Waals surface area contributed by atoms with Gasteiger partial charge in [-0.05, 0) is 37.3 Å². The van der Waals surface area contributed by atoms with Crippen LogP contribution in [0.4, 0.5) is 5.82 Å². The van der Waals surface area contributed by atoms with E-state index in [1.54, 1.807) is 0 Å². The molecule has 3 nitrogen and oxygen atoms in total. The Hall–Kier alpha value is -2.21. The van der Waals surface area contributed by atoms with E-state index < -0.39 is 0 Å². The summed E-state index contributed by atoms with van der Waals surface area (Å²) in [4.78, 5) is 0. The molecule has 0 saturated carbocycles. The van der Waals surface area contributed by atoms with Crippen molar-refractivity contribution in [1.82, 2.24) is 4.57 Å². The number of benzene rings is 1. The predicted molar refractivity (Wildman–Crippen MR) is 82.5 cm³/mol. The fraction of sp³-hybridized carbons (Fsp3) is 0.353. The van der Waals surface area contributed by atoms with Crippen LogP contribution < -0.4 is 5.73 Å². The first kappa shape index (κ1) is 14.2. The van der Waals surface area contributed by atoms with Gasteiger partial charge >= 0.3 is 0 Å². The van der Waals surface area contributed by atoms with E-state index in [0.717, 1.165) is 24.2 Å². The Bertz CT molecular complexity index is 632. The summed E-state index contributed by atoms with van der Waals surface area (Å²) < 4.78 is 2.06. The topological polar surface area (TPSA) is 54.7 Å². The number of nitrogens with two attached hydrogens (primary N) is 1. The third-order valence-electron chi connectivity index (χ3n) is 4.14. The molecule has 1 unspecified atom stereocenters. The molecule has 1 aromatic carbocycles. The maximum Gasteiger partial charge on any atom is 0.122 e. The van der Waals surface area contributed by atoms with Gasteiger partial charge in [0.15, 0.2) is 0 Å². The molecule has 0 bridgehead atoms. The molecule has 0 fully saturated rings. The Morgan fingerprint density at radius 2 is 1.90 bits per heavy atom. The number of hydrogen-bond acceptors (Lipinski definition) is 2. The lowest BCUT2D eigenvalue weighted by molar-refractivity contribution is 0.574. The predicted octanol–water partition coefficient (Wildman–Crippen LogP) is 3.75. The summed E-state index contributed by atoms with van der Waals surface area (Å²) in [5.74, 6) is 1.08. The second-order valence-electron chi connectivity index (χ2n) is 5.33. The van der Waals surface area contributed by atoms with Gasteiger partial charge in [0.05, 0.1) is 5.56 Å². The number of nitriles is 1. The normalized spacial score (nSPS) is 12.1. The fourth-order valence-corrected chi connectivity index (χ4v) is 2.59. The van der Waals surface area contributed by atoms with Crippen LogP contribution in [-0.2, 0) is 6.54 Å². The second-order valence-corrected chi connectivity index (χ2v) is 5.33. The quantitative estimate of drug-likeness (QED) is 0.917.